The fourth-order valence-corrected chi connectivity index (χ4v) is 17.6. The highest BCUT2D eigenvalue weighted by Crippen LogP contribution is 2.43. The van der Waals surface area contributed by atoms with E-state index in [0.29, 0.717) is 47.0 Å². The molecule has 4 fully saturated rings. The summed E-state index contributed by atoms with van der Waals surface area (Å²) in [6.07, 6.45) is 13.5. The lowest BCUT2D eigenvalue weighted by molar-refractivity contribution is -0.147. The second-order valence-corrected chi connectivity index (χ2v) is 32.1. The Morgan fingerprint density at radius 3 is 0.992 bits per heavy atom. The van der Waals surface area contributed by atoms with Crippen molar-refractivity contribution >= 4 is 105 Å². The number of aliphatic hydroxyl groups excluding tert-OH is 4. The average molecular weight is 1660 g/mol. The number of aliphatic hydroxyl groups is 4. The third-order valence-corrected chi connectivity index (χ3v) is 24.3. The van der Waals surface area contributed by atoms with Crippen LogP contribution in [0.3, 0.4) is 0 Å². The number of carbonyl (C=O) groups is 8. The van der Waals surface area contributed by atoms with Gasteiger partial charge in [0.1, 0.15) is 11.7 Å². The molecule has 0 bridgehead atoms. The van der Waals surface area contributed by atoms with Crippen LogP contribution in [0.1, 0.15) is 201 Å². The van der Waals surface area contributed by atoms with E-state index >= 15 is 0 Å². The van der Waals surface area contributed by atoms with Crippen molar-refractivity contribution in [3.8, 4) is 0 Å². The van der Waals surface area contributed by atoms with E-state index in [9.17, 15) is 58.8 Å². The molecular weight excluding hydrogens is 1550 g/mol. The molecule has 636 valence electrons. The number of amides is 4. The summed E-state index contributed by atoms with van der Waals surface area (Å²) < 4.78 is 23.7. The topological polar surface area (TPSA) is 345 Å². The van der Waals surface area contributed by atoms with Crippen LogP contribution in [0.4, 0.5) is 23.3 Å². The van der Waals surface area contributed by atoms with Crippen LogP contribution in [0.2, 0.25) is 0 Å². The van der Waals surface area contributed by atoms with Gasteiger partial charge >= 0.3 is 23.9 Å². The molecule has 6 N–H and O–H groups in total. The zero-order chi connectivity index (χ0) is 86.1. The highest BCUT2D eigenvalue weighted by atomic mass is 16.5. The molecule has 26 heteroatoms. The molecule has 0 atom stereocenters. The summed E-state index contributed by atoms with van der Waals surface area (Å²) >= 11 is 0. The molecule has 8 aromatic carbocycles. The second kappa shape index (κ2) is 40.8. The van der Waals surface area contributed by atoms with Crippen molar-refractivity contribution in [2.75, 3.05) is 48.9 Å². The number of aromatic nitrogens is 4. The van der Waals surface area contributed by atoms with Gasteiger partial charge in [0, 0.05) is 70.6 Å². The highest BCUT2D eigenvalue weighted by molar-refractivity contribution is 6.14. The van der Waals surface area contributed by atoms with Gasteiger partial charge in [-0.2, -0.15) is 9.98 Å². The number of aryl methyl sites for hydroxylation is 2. The van der Waals surface area contributed by atoms with Gasteiger partial charge in [-0.1, -0.05) is 108 Å². The van der Waals surface area contributed by atoms with Gasteiger partial charge in [-0.3, -0.25) is 49.0 Å². The van der Waals surface area contributed by atoms with Crippen LogP contribution in [0.5, 0.6) is 0 Å². The van der Waals surface area contributed by atoms with E-state index < -0.39 is 0 Å². The minimum atomic E-state index is -0.256. The number of anilines is 4. The fraction of sp³-hybridized carbons (Fsp3) is 0.375. The molecule has 0 saturated heterocycles. The maximum Gasteiger partial charge on any atom is 0.308 e. The van der Waals surface area contributed by atoms with Gasteiger partial charge in [0.2, 0.25) is 11.9 Å². The third kappa shape index (κ3) is 20.6. The zero-order valence-corrected chi connectivity index (χ0v) is 69.8. The van der Waals surface area contributed by atoms with E-state index in [1.54, 1.807) is 48.5 Å². The van der Waals surface area contributed by atoms with Crippen LogP contribution in [-0.4, -0.2) is 139 Å². The SMILES string of the molecule is COC(=O)C1CCC(N2C(=NC(=O)c3ccc(C)cc3)Cc3ccc(CO)cc32)CC1.COC(=O)C1CCC(N2C(=NC(=O)c3ccccc3)Cc3ccc(CO)cc32)CC1.COC(=O)C1CCC(n2c(NC(=O)c3ccc(C)cc3)nc3ccc(CO)cc32)CC1.COC(=O)C1CCC(n2c(NC(=O)c3ccccc3)nc3ccc(CO)cc32)CC1. The van der Waals surface area contributed by atoms with Gasteiger partial charge in [-0.05, 0) is 235 Å². The number of ether oxygens (including phenoxy) is 4. The number of methoxy groups -OCH3 is 4. The summed E-state index contributed by atoms with van der Waals surface area (Å²) in [4.78, 5) is 122. The number of imidazole rings is 2. The molecular formula is C96H106N10O16. The first-order chi connectivity index (χ1) is 59.2. The number of nitrogens with one attached hydrogen (secondary N) is 2. The van der Waals surface area contributed by atoms with Gasteiger partial charge in [0.15, 0.2) is 0 Å². The molecule has 6 aliphatic rings. The molecule has 10 aromatic rings. The van der Waals surface area contributed by atoms with Gasteiger partial charge < -0.3 is 58.3 Å². The Labute approximate surface area is 709 Å². The maximum atomic E-state index is 12.9. The van der Waals surface area contributed by atoms with Crippen LogP contribution in [-0.2, 0) is 77.4 Å². The molecule has 4 aliphatic carbocycles. The quantitative estimate of drug-likeness (QED) is 0.0343. The van der Waals surface area contributed by atoms with Crippen LogP contribution in [0, 0.1) is 37.5 Å². The Morgan fingerprint density at radius 1 is 0.361 bits per heavy atom. The smallest absolute Gasteiger partial charge is 0.308 e. The number of nitrogens with zero attached hydrogens (tertiary/aromatic N) is 8. The van der Waals surface area contributed by atoms with Crippen molar-refractivity contribution in [1.29, 1.82) is 0 Å². The number of fused-ring (bicyclic) bond motifs is 4. The fourth-order valence-electron chi connectivity index (χ4n) is 17.6. The number of carbonyl (C=O) groups excluding carboxylic acids is 8. The normalized spacial score (nSPS) is 20.3. The predicted octanol–water partition coefficient (Wildman–Crippen LogP) is 15.0. The summed E-state index contributed by atoms with van der Waals surface area (Å²) in [5.74, 6) is 0.551. The molecule has 26 nitrogen and oxygen atoms in total. The molecule has 0 unspecified atom stereocenters. The predicted molar refractivity (Wildman–Crippen MR) is 465 cm³/mol. The monoisotopic (exact) mass is 1650 g/mol. The molecule has 4 heterocycles. The largest absolute Gasteiger partial charge is 0.469 e. The van der Waals surface area contributed by atoms with E-state index in [4.69, 9.17) is 18.9 Å². The van der Waals surface area contributed by atoms with Crippen molar-refractivity contribution < 1.29 is 77.7 Å². The number of hydrogen-bond donors (Lipinski definition) is 6. The first-order valence-electron chi connectivity index (χ1n) is 41.9. The van der Waals surface area contributed by atoms with Gasteiger partial charge in [0.25, 0.3) is 23.6 Å². The van der Waals surface area contributed by atoms with Crippen molar-refractivity contribution in [1.82, 2.24) is 19.1 Å². The molecule has 0 spiro atoms. The number of amidine groups is 2. The standard InChI is InChI=1S/C25H28N2O4.C24H27N3O4.C24H26N2O4.C23H25N3O4/c1-16-3-6-18(7-4-16)24(29)26-23-14-20-8-5-17(15-28)13-22(20)27(23)21-11-9-19(10-12-21)25(30)31-2;1-15-3-6-17(7-4-15)22(29)26-24-25-20-12-5-16(14-28)13-21(20)27(24)19-10-8-18(9-11-19)23(30)31-2;1-30-24(29)18-9-11-20(12-10-18)26-21-13-16(15-27)7-8-19(21)14-22(26)25-23(28)17-5-3-2-4-6-17;1-30-22(29)17-8-10-18(11-9-17)26-20-13-15(14-27)7-12-19(20)24-23(26)25-21(28)16-5-3-2-4-6-16/h3-8,13,19,21,28H,9-12,14-15H2,1-2H3;3-7,12-13,18-19,28H,8-11,14H2,1-2H3,(H,25,26,29);2-8,13,18,20,27H,9-12,14-15H2,1H3;2-7,12-13,17-18,27H,8-11,14H2,1H3,(H,24,25,28). The van der Waals surface area contributed by atoms with Crippen molar-refractivity contribution in [2.45, 2.75) is 180 Å². The zero-order valence-electron chi connectivity index (χ0n) is 69.8. The van der Waals surface area contributed by atoms with Gasteiger partial charge in [0.05, 0.1) is 101 Å². The summed E-state index contributed by atoms with van der Waals surface area (Å²) in [5, 5.41) is 44.3. The first-order valence-corrected chi connectivity index (χ1v) is 41.9. The lowest BCUT2D eigenvalue weighted by Gasteiger charge is -2.35. The third-order valence-electron chi connectivity index (χ3n) is 24.3. The molecule has 4 saturated carbocycles. The van der Waals surface area contributed by atoms with Crippen molar-refractivity contribution in [3.63, 3.8) is 0 Å². The number of benzene rings is 8. The molecule has 0 radical (unpaired) electrons. The van der Waals surface area contributed by atoms with Crippen molar-refractivity contribution in [2.24, 2.45) is 33.7 Å². The van der Waals surface area contributed by atoms with E-state index in [2.05, 4.69) is 40.4 Å². The highest BCUT2D eigenvalue weighted by Gasteiger charge is 2.40. The van der Waals surface area contributed by atoms with Gasteiger partial charge in [-0.25, -0.2) is 9.97 Å². The van der Waals surface area contributed by atoms with Gasteiger partial charge in [-0.15, -0.1) is 0 Å². The van der Waals surface area contributed by atoms with Crippen molar-refractivity contribution in [3.05, 3.63) is 249 Å². The Balaban J connectivity index is 0.000000140. The minimum absolute atomic E-state index is 0.0361. The Morgan fingerprint density at radius 2 is 0.656 bits per heavy atom. The Kier molecular flexibility index (Phi) is 29.3. The van der Waals surface area contributed by atoms with E-state index in [1.807, 2.05) is 156 Å². The summed E-state index contributed by atoms with van der Waals surface area (Å²) in [6.45, 7) is 3.75. The van der Waals surface area contributed by atoms with Crippen LogP contribution in [0.15, 0.2) is 192 Å². The Bertz CT molecular complexity index is 5460. The molecule has 2 aliphatic heterocycles. The summed E-state index contributed by atoms with van der Waals surface area (Å²) in [6, 6.07) is 56.4. The molecule has 4 amide bonds. The first kappa shape index (κ1) is 87.5. The number of rotatable bonds is 18. The average Bonchev–Trinajstić information content (AvgIpc) is 1.64. The Hall–Kier alpha value is -12.4. The van der Waals surface area contributed by atoms with Crippen LogP contribution in [0.25, 0.3) is 22.1 Å². The van der Waals surface area contributed by atoms with Crippen LogP contribution >= 0.6 is 0 Å². The molecule has 122 heavy (non-hydrogen) atoms. The lowest BCUT2D eigenvalue weighted by atomic mass is 9.85. The van der Waals surface area contributed by atoms with E-state index in [0.717, 1.165) is 192 Å². The molecule has 16 rings (SSSR count). The lowest BCUT2D eigenvalue weighted by Crippen LogP contribution is -2.41. The van der Waals surface area contributed by atoms with E-state index in [-0.39, 0.29) is 122 Å². The van der Waals surface area contributed by atoms with E-state index in [1.165, 1.54) is 28.4 Å². The number of aliphatic imine (C=N–C) groups is 2. The minimum Gasteiger partial charge on any atom is -0.469 e. The van der Waals surface area contributed by atoms with Crippen LogP contribution < -0.4 is 20.4 Å². The maximum absolute atomic E-state index is 12.9. The second-order valence-electron chi connectivity index (χ2n) is 32.1. The molecule has 2 aromatic heterocycles. The summed E-state index contributed by atoms with van der Waals surface area (Å²) in [5.41, 5.74) is 15.1. The summed E-state index contributed by atoms with van der Waals surface area (Å²) in [7, 11) is 5.71. The number of esters is 4. The number of hydrogen-bond acceptors (Lipinski definition) is 18.